The number of ether oxygens (including phenoxy) is 1. The zero-order valence-corrected chi connectivity index (χ0v) is 12.3. The molecule has 0 aliphatic heterocycles. The molecule has 0 spiro atoms. The quantitative estimate of drug-likeness (QED) is 0.859. The SMILES string of the molecule is COc1cccc(CNCC(C)(O)c2ccc(F)cc2)c1. The second-order valence-corrected chi connectivity index (χ2v) is 5.24. The van der Waals surface area contributed by atoms with Crippen molar-refractivity contribution in [3.8, 4) is 5.75 Å². The van der Waals surface area contributed by atoms with E-state index in [4.69, 9.17) is 4.74 Å². The van der Waals surface area contributed by atoms with Gasteiger partial charge in [-0.05, 0) is 42.3 Å². The van der Waals surface area contributed by atoms with Gasteiger partial charge < -0.3 is 15.2 Å². The third-order valence-electron chi connectivity index (χ3n) is 3.40. The summed E-state index contributed by atoms with van der Waals surface area (Å²) in [5, 5.41) is 13.7. The Hall–Kier alpha value is -1.91. The highest BCUT2D eigenvalue weighted by atomic mass is 19.1. The van der Waals surface area contributed by atoms with Gasteiger partial charge in [-0.1, -0.05) is 24.3 Å². The molecule has 0 bridgehead atoms. The number of nitrogens with one attached hydrogen (secondary N) is 1. The second-order valence-electron chi connectivity index (χ2n) is 5.24. The fourth-order valence-electron chi connectivity index (χ4n) is 2.14. The topological polar surface area (TPSA) is 41.5 Å². The number of hydrogen-bond acceptors (Lipinski definition) is 3. The predicted octanol–water partition coefficient (Wildman–Crippen LogP) is 2.83. The Bertz CT molecular complexity index is 582. The van der Waals surface area contributed by atoms with Crippen LogP contribution in [-0.4, -0.2) is 18.8 Å². The molecule has 2 rings (SSSR count). The molecule has 0 aliphatic carbocycles. The van der Waals surface area contributed by atoms with E-state index in [1.165, 1.54) is 12.1 Å². The van der Waals surface area contributed by atoms with Crippen molar-refractivity contribution in [2.75, 3.05) is 13.7 Å². The molecule has 0 aliphatic rings. The molecule has 4 heteroatoms. The van der Waals surface area contributed by atoms with Crippen LogP contribution in [0.15, 0.2) is 48.5 Å². The average Bonchev–Trinajstić information content (AvgIpc) is 2.48. The van der Waals surface area contributed by atoms with Gasteiger partial charge in [0.15, 0.2) is 0 Å². The zero-order chi connectivity index (χ0) is 15.3. The summed E-state index contributed by atoms with van der Waals surface area (Å²) in [4.78, 5) is 0. The summed E-state index contributed by atoms with van der Waals surface area (Å²) < 4.78 is 18.1. The largest absolute Gasteiger partial charge is 0.497 e. The first-order valence-corrected chi connectivity index (χ1v) is 6.83. The van der Waals surface area contributed by atoms with Gasteiger partial charge in [0, 0.05) is 13.1 Å². The molecule has 2 N–H and O–H groups in total. The van der Waals surface area contributed by atoms with Gasteiger partial charge in [0.2, 0.25) is 0 Å². The number of halogens is 1. The van der Waals surface area contributed by atoms with Gasteiger partial charge in [-0.2, -0.15) is 0 Å². The molecule has 0 fully saturated rings. The van der Waals surface area contributed by atoms with Gasteiger partial charge in [0.25, 0.3) is 0 Å². The normalized spacial score (nSPS) is 13.7. The minimum Gasteiger partial charge on any atom is -0.497 e. The molecular formula is C17H20FNO2. The molecule has 0 heterocycles. The molecule has 0 amide bonds. The van der Waals surface area contributed by atoms with Crippen molar-refractivity contribution in [2.45, 2.75) is 19.1 Å². The summed E-state index contributed by atoms with van der Waals surface area (Å²) in [5.41, 5.74) is 0.707. The average molecular weight is 289 g/mol. The Morgan fingerprint density at radius 3 is 2.57 bits per heavy atom. The van der Waals surface area contributed by atoms with Gasteiger partial charge in [-0.3, -0.25) is 0 Å². The van der Waals surface area contributed by atoms with E-state index < -0.39 is 5.60 Å². The van der Waals surface area contributed by atoms with Gasteiger partial charge in [0.1, 0.15) is 11.6 Å². The molecule has 21 heavy (non-hydrogen) atoms. The maximum atomic E-state index is 12.9. The zero-order valence-electron chi connectivity index (χ0n) is 12.3. The summed E-state index contributed by atoms with van der Waals surface area (Å²) in [5.74, 6) is 0.499. The fourth-order valence-corrected chi connectivity index (χ4v) is 2.14. The van der Waals surface area contributed by atoms with Crippen molar-refractivity contribution >= 4 is 0 Å². The van der Waals surface area contributed by atoms with E-state index in [1.54, 1.807) is 26.2 Å². The number of rotatable bonds is 6. The van der Waals surface area contributed by atoms with E-state index in [1.807, 2.05) is 24.3 Å². The van der Waals surface area contributed by atoms with Crippen molar-refractivity contribution in [3.05, 3.63) is 65.5 Å². The van der Waals surface area contributed by atoms with Crippen LogP contribution >= 0.6 is 0 Å². The highest BCUT2D eigenvalue weighted by Gasteiger charge is 2.22. The molecule has 0 aromatic heterocycles. The third-order valence-corrected chi connectivity index (χ3v) is 3.40. The van der Waals surface area contributed by atoms with Crippen LogP contribution in [-0.2, 0) is 12.1 Å². The molecule has 1 unspecified atom stereocenters. The number of hydrogen-bond donors (Lipinski definition) is 2. The summed E-state index contributed by atoms with van der Waals surface area (Å²) in [6.45, 7) is 2.70. The van der Waals surface area contributed by atoms with Gasteiger partial charge >= 0.3 is 0 Å². The lowest BCUT2D eigenvalue weighted by atomic mass is 9.96. The summed E-state index contributed by atoms with van der Waals surface area (Å²) in [6.07, 6.45) is 0. The van der Waals surface area contributed by atoms with Gasteiger partial charge in [-0.15, -0.1) is 0 Å². The van der Waals surface area contributed by atoms with E-state index >= 15 is 0 Å². The van der Waals surface area contributed by atoms with E-state index in [9.17, 15) is 9.50 Å². The maximum Gasteiger partial charge on any atom is 0.123 e. The highest BCUT2D eigenvalue weighted by molar-refractivity contribution is 5.28. The first kappa shape index (κ1) is 15.5. The Kier molecular flexibility index (Phi) is 4.94. The van der Waals surface area contributed by atoms with E-state index in [2.05, 4.69) is 5.32 Å². The standard InChI is InChI=1S/C17H20FNO2/c1-17(20,14-6-8-15(18)9-7-14)12-19-11-13-4-3-5-16(10-13)21-2/h3-10,19-20H,11-12H2,1-2H3. The monoisotopic (exact) mass is 289 g/mol. The molecule has 0 saturated heterocycles. The predicted molar refractivity (Wildman–Crippen MR) is 80.7 cm³/mol. The lowest BCUT2D eigenvalue weighted by Crippen LogP contribution is -2.35. The van der Waals surface area contributed by atoms with Crippen LogP contribution in [0.1, 0.15) is 18.1 Å². The smallest absolute Gasteiger partial charge is 0.123 e. The minimum absolute atomic E-state index is 0.307. The van der Waals surface area contributed by atoms with Crippen molar-refractivity contribution < 1.29 is 14.2 Å². The number of aliphatic hydroxyl groups is 1. The van der Waals surface area contributed by atoms with E-state index in [0.717, 1.165) is 11.3 Å². The van der Waals surface area contributed by atoms with Crippen molar-refractivity contribution in [1.29, 1.82) is 0 Å². The number of benzene rings is 2. The molecule has 3 nitrogen and oxygen atoms in total. The number of methoxy groups -OCH3 is 1. The van der Waals surface area contributed by atoms with Crippen LogP contribution in [0.4, 0.5) is 4.39 Å². The Morgan fingerprint density at radius 2 is 1.90 bits per heavy atom. The fraction of sp³-hybridized carbons (Fsp3) is 0.294. The van der Waals surface area contributed by atoms with Crippen molar-refractivity contribution in [3.63, 3.8) is 0 Å². The molecule has 0 radical (unpaired) electrons. The van der Waals surface area contributed by atoms with E-state index in [0.29, 0.717) is 18.7 Å². The minimum atomic E-state index is -1.05. The van der Waals surface area contributed by atoms with Crippen LogP contribution in [0.25, 0.3) is 0 Å². The van der Waals surface area contributed by atoms with Crippen LogP contribution in [0.5, 0.6) is 5.75 Å². The van der Waals surface area contributed by atoms with Crippen LogP contribution in [0.3, 0.4) is 0 Å². The summed E-state index contributed by atoms with van der Waals surface area (Å²) in [6, 6.07) is 13.6. The molecular weight excluding hydrogens is 269 g/mol. The molecule has 0 saturated carbocycles. The van der Waals surface area contributed by atoms with Crippen molar-refractivity contribution in [2.24, 2.45) is 0 Å². The Morgan fingerprint density at radius 1 is 1.19 bits per heavy atom. The summed E-state index contributed by atoms with van der Waals surface area (Å²) in [7, 11) is 1.63. The van der Waals surface area contributed by atoms with Crippen molar-refractivity contribution in [1.82, 2.24) is 5.32 Å². The lowest BCUT2D eigenvalue weighted by molar-refractivity contribution is 0.0566. The third kappa shape index (κ3) is 4.28. The van der Waals surface area contributed by atoms with E-state index in [-0.39, 0.29) is 5.82 Å². The highest BCUT2D eigenvalue weighted by Crippen LogP contribution is 2.20. The molecule has 1 atom stereocenters. The Balaban J connectivity index is 1.93. The molecule has 2 aromatic carbocycles. The molecule has 112 valence electrons. The maximum absolute atomic E-state index is 12.9. The molecule has 2 aromatic rings. The first-order valence-electron chi connectivity index (χ1n) is 6.83. The van der Waals surface area contributed by atoms with Crippen LogP contribution in [0.2, 0.25) is 0 Å². The summed E-state index contributed by atoms with van der Waals surface area (Å²) >= 11 is 0. The van der Waals surface area contributed by atoms with Crippen LogP contribution < -0.4 is 10.1 Å². The lowest BCUT2D eigenvalue weighted by Gasteiger charge is -2.24. The van der Waals surface area contributed by atoms with Gasteiger partial charge in [0.05, 0.1) is 12.7 Å². The van der Waals surface area contributed by atoms with Gasteiger partial charge in [-0.25, -0.2) is 4.39 Å². The second kappa shape index (κ2) is 6.70. The van der Waals surface area contributed by atoms with Crippen LogP contribution in [0, 0.1) is 5.82 Å². The first-order chi connectivity index (χ1) is 10.0. The Labute approximate surface area is 124 Å².